The quantitative estimate of drug-likeness (QED) is 0.433. The van der Waals surface area contributed by atoms with Gasteiger partial charge in [-0.15, -0.1) is 5.10 Å². The van der Waals surface area contributed by atoms with Crippen LogP contribution < -0.4 is 10.6 Å². The van der Waals surface area contributed by atoms with E-state index in [9.17, 15) is 10.5 Å². The fraction of sp³-hybridized carbons (Fsp3) is 0.536. The van der Waals surface area contributed by atoms with E-state index >= 15 is 0 Å². The Labute approximate surface area is 232 Å². The zero-order chi connectivity index (χ0) is 26.5. The van der Waals surface area contributed by atoms with Crippen molar-refractivity contribution in [3.8, 4) is 12.1 Å². The van der Waals surface area contributed by atoms with Crippen molar-refractivity contribution in [1.29, 1.82) is 10.5 Å². The average Bonchev–Trinajstić information content (AvgIpc) is 3.87. The Morgan fingerprint density at radius 2 is 1.82 bits per heavy atom. The van der Waals surface area contributed by atoms with Crippen LogP contribution in [0.5, 0.6) is 0 Å². The molecule has 3 aromatic rings. The van der Waals surface area contributed by atoms with Crippen LogP contribution in [0.4, 0.5) is 17.5 Å². The Bertz CT molecular complexity index is 1480. The molecule has 7 rings (SSSR count). The smallest absolute Gasteiger partial charge is 0.247 e. The Hall–Kier alpha value is -3.44. The van der Waals surface area contributed by atoms with Crippen molar-refractivity contribution < 1.29 is 0 Å². The Balaban J connectivity index is 1.10. The van der Waals surface area contributed by atoms with Crippen LogP contribution in [-0.4, -0.2) is 74.2 Å². The summed E-state index contributed by atoms with van der Waals surface area (Å²) in [4.78, 5) is 14.2. The van der Waals surface area contributed by atoms with Crippen molar-refractivity contribution in [1.82, 2.24) is 29.4 Å². The molecule has 0 spiro atoms. The van der Waals surface area contributed by atoms with E-state index in [0.29, 0.717) is 57.4 Å². The lowest BCUT2D eigenvalue weighted by Gasteiger charge is -2.48. The van der Waals surface area contributed by atoms with Crippen LogP contribution in [0.3, 0.4) is 0 Å². The summed E-state index contributed by atoms with van der Waals surface area (Å²) in [5.41, 5.74) is 2.97. The lowest BCUT2D eigenvalue weighted by atomic mass is 9.87. The Morgan fingerprint density at radius 3 is 2.51 bits per heavy atom. The molecule has 0 unspecified atom stereocenters. The van der Waals surface area contributed by atoms with Crippen LogP contribution in [0.1, 0.15) is 61.3 Å². The molecule has 2 aliphatic heterocycles. The van der Waals surface area contributed by atoms with Gasteiger partial charge in [0.1, 0.15) is 6.07 Å². The fourth-order valence-corrected chi connectivity index (χ4v) is 6.22. The molecule has 2 N–H and O–H groups in total. The molecule has 2 aromatic heterocycles. The first-order valence-corrected chi connectivity index (χ1v) is 14.3. The summed E-state index contributed by atoms with van der Waals surface area (Å²) in [5, 5.41) is 31.1. The molecule has 2 saturated carbocycles. The number of anilines is 3. The predicted octanol–water partition coefficient (Wildman–Crippen LogP) is 4.11. The van der Waals surface area contributed by atoms with E-state index in [-0.39, 0.29) is 0 Å². The van der Waals surface area contributed by atoms with E-state index in [1.807, 2.05) is 6.07 Å². The van der Waals surface area contributed by atoms with E-state index in [0.717, 1.165) is 50.3 Å². The number of nitrogens with one attached hydrogen (secondary N) is 2. The average molecular weight is 543 g/mol. The van der Waals surface area contributed by atoms with Crippen molar-refractivity contribution in [2.75, 3.05) is 43.4 Å². The number of halogens is 1. The summed E-state index contributed by atoms with van der Waals surface area (Å²) in [5.74, 6) is 2.11. The van der Waals surface area contributed by atoms with Crippen molar-refractivity contribution in [2.45, 2.75) is 56.5 Å². The molecule has 10 nitrogen and oxygen atoms in total. The predicted molar refractivity (Wildman–Crippen MR) is 148 cm³/mol. The number of piperidine rings is 1. The van der Waals surface area contributed by atoms with Crippen LogP contribution >= 0.6 is 11.6 Å². The minimum atomic E-state index is 0.290. The maximum absolute atomic E-state index is 9.80. The van der Waals surface area contributed by atoms with Crippen molar-refractivity contribution in [3.05, 3.63) is 40.2 Å². The van der Waals surface area contributed by atoms with E-state index in [4.69, 9.17) is 11.6 Å². The summed E-state index contributed by atoms with van der Waals surface area (Å²) in [6, 6.07) is 9.12. The van der Waals surface area contributed by atoms with Gasteiger partial charge in [-0.05, 0) is 81.1 Å². The standard InChI is InChI=1S/C28H31ClN10/c29-25-23(19-5-7-38(8-6-19)22-15-37(16-22)14-17-1-2-17)9-18(11-30)10-24(25)34-28-35-26(33-20-3-4-20)27-32-13-21(12-31)39(27)36-28/h9-10,13,17,19-20,22H,1-8,14-16H2,(H2,33,34,35,36). The van der Waals surface area contributed by atoms with Crippen molar-refractivity contribution >= 4 is 34.7 Å². The first-order chi connectivity index (χ1) is 19.1. The topological polar surface area (TPSA) is 121 Å². The zero-order valence-electron chi connectivity index (χ0n) is 21.8. The molecule has 4 heterocycles. The number of rotatable bonds is 8. The van der Waals surface area contributed by atoms with Gasteiger partial charge in [0.2, 0.25) is 5.95 Å². The number of imidazole rings is 1. The summed E-state index contributed by atoms with van der Waals surface area (Å²) in [6.07, 6.45) is 8.50. The summed E-state index contributed by atoms with van der Waals surface area (Å²) in [6.45, 7) is 5.79. The number of nitriles is 2. The minimum absolute atomic E-state index is 0.290. The largest absolute Gasteiger partial charge is 0.364 e. The molecule has 39 heavy (non-hydrogen) atoms. The van der Waals surface area contributed by atoms with Gasteiger partial charge >= 0.3 is 0 Å². The second kappa shape index (κ2) is 9.95. The molecular weight excluding hydrogens is 512 g/mol. The first kappa shape index (κ1) is 24.6. The number of hydrogen-bond acceptors (Lipinski definition) is 9. The highest BCUT2D eigenvalue weighted by Gasteiger charge is 2.37. The van der Waals surface area contributed by atoms with Crippen LogP contribution in [0.2, 0.25) is 5.02 Å². The van der Waals surface area contributed by atoms with Gasteiger partial charge in [0.15, 0.2) is 17.2 Å². The number of nitrogens with zero attached hydrogens (tertiary/aromatic N) is 8. The number of likely N-dealkylation sites (tertiary alicyclic amines) is 2. The normalized spacial score (nSPS) is 20.9. The monoisotopic (exact) mass is 542 g/mol. The molecule has 1 aromatic carbocycles. The number of hydrogen-bond donors (Lipinski definition) is 2. The molecule has 4 aliphatic rings. The minimum Gasteiger partial charge on any atom is -0.364 e. The number of aromatic nitrogens is 4. The number of fused-ring (bicyclic) bond motifs is 1. The molecular formula is C28H31ClN10. The van der Waals surface area contributed by atoms with Gasteiger partial charge in [0.25, 0.3) is 0 Å². The lowest BCUT2D eigenvalue weighted by molar-refractivity contribution is 0.0178. The highest BCUT2D eigenvalue weighted by atomic mass is 35.5. The molecule has 4 fully saturated rings. The molecule has 200 valence electrons. The molecule has 11 heteroatoms. The third-order valence-corrected chi connectivity index (χ3v) is 8.93. The Morgan fingerprint density at radius 1 is 1.03 bits per heavy atom. The highest BCUT2D eigenvalue weighted by molar-refractivity contribution is 6.34. The second-order valence-electron chi connectivity index (χ2n) is 11.5. The van der Waals surface area contributed by atoms with Crippen LogP contribution in [0.15, 0.2) is 18.3 Å². The molecule has 0 radical (unpaired) electrons. The zero-order valence-corrected chi connectivity index (χ0v) is 22.5. The van der Waals surface area contributed by atoms with E-state index in [1.54, 1.807) is 6.07 Å². The van der Waals surface area contributed by atoms with E-state index < -0.39 is 0 Å². The molecule has 2 saturated heterocycles. The summed E-state index contributed by atoms with van der Waals surface area (Å²) < 4.78 is 1.49. The van der Waals surface area contributed by atoms with Crippen molar-refractivity contribution in [3.63, 3.8) is 0 Å². The van der Waals surface area contributed by atoms with Gasteiger partial charge < -0.3 is 10.6 Å². The lowest BCUT2D eigenvalue weighted by Crippen LogP contribution is -2.60. The SMILES string of the molecule is N#Cc1cc(Nc2nc(NC3CC3)c3ncc(C#N)n3n2)c(Cl)c(C2CCN(C3CN(CC4CC4)C3)CC2)c1. The van der Waals surface area contributed by atoms with Gasteiger partial charge in [-0.1, -0.05) is 11.6 Å². The maximum Gasteiger partial charge on any atom is 0.247 e. The highest BCUT2D eigenvalue weighted by Crippen LogP contribution is 2.40. The van der Waals surface area contributed by atoms with Crippen LogP contribution in [0.25, 0.3) is 5.65 Å². The van der Waals surface area contributed by atoms with Gasteiger partial charge in [0.05, 0.1) is 28.5 Å². The van der Waals surface area contributed by atoms with E-state index in [2.05, 4.69) is 47.6 Å². The van der Waals surface area contributed by atoms with Gasteiger partial charge in [0, 0.05) is 31.7 Å². The molecule has 0 bridgehead atoms. The van der Waals surface area contributed by atoms with Gasteiger partial charge in [-0.25, -0.2) is 4.98 Å². The van der Waals surface area contributed by atoms with E-state index in [1.165, 1.54) is 43.2 Å². The number of benzene rings is 1. The second-order valence-corrected chi connectivity index (χ2v) is 11.9. The molecule has 0 amide bonds. The van der Waals surface area contributed by atoms with Crippen molar-refractivity contribution in [2.24, 2.45) is 5.92 Å². The van der Waals surface area contributed by atoms with Gasteiger partial charge in [-0.2, -0.15) is 20.0 Å². The molecule has 0 atom stereocenters. The van der Waals surface area contributed by atoms with Crippen LogP contribution in [-0.2, 0) is 0 Å². The third-order valence-electron chi connectivity index (χ3n) is 8.51. The summed E-state index contributed by atoms with van der Waals surface area (Å²) in [7, 11) is 0. The first-order valence-electron chi connectivity index (χ1n) is 14.0. The van der Waals surface area contributed by atoms with Gasteiger partial charge in [-0.3, -0.25) is 9.80 Å². The Kier molecular flexibility index (Phi) is 6.27. The van der Waals surface area contributed by atoms with Crippen LogP contribution in [0, 0.1) is 28.6 Å². The maximum atomic E-state index is 9.80. The summed E-state index contributed by atoms with van der Waals surface area (Å²) >= 11 is 6.99. The molecule has 2 aliphatic carbocycles. The fourth-order valence-electron chi connectivity index (χ4n) is 5.91. The third kappa shape index (κ3) is 5.00.